The normalized spacial score (nSPS) is 14.6. The zero-order chi connectivity index (χ0) is 12.7. The summed E-state index contributed by atoms with van der Waals surface area (Å²) in [5.74, 6) is 0.343. The van der Waals surface area contributed by atoms with Crippen LogP contribution in [0.15, 0.2) is 18.3 Å². The van der Waals surface area contributed by atoms with E-state index in [-0.39, 0.29) is 11.9 Å². The van der Waals surface area contributed by atoms with Crippen LogP contribution in [0.5, 0.6) is 0 Å². The van der Waals surface area contributed by atoms with E-state index in [0.29, 0.717) is 5.92 Å². The van der Waals surface area contributed by atoms with Crippen LogP contribution in [-0.2, 0) is 0 Å². The molecule has 2 atom stereocenters. The number of aromatic nitrogens is 1. The fourth-order valence-corrected chi connectivity index (χ4v) is 2.07. The monoisotopic (exact) mass is 238 g/mol. The van der Waals surface area contributed by atoms with Gasteiger partial charge in [0.15, 0.2) is 0 Å². The summed E-state index contributed by atoms with van der Waals surface area (Å²) in [6.45, 7) is 4.40. The molecular weight excluding hydrogens is 215 g/mol. The van der Waals surface area contributed by atoms with Crippen LogP contribution in [0, 0.1) is 11.7 Å². The summed E-state index contributed by atoms with van der Waals surface area (Å²) in [4.78, 5) is 4.05. The van der Waals surface area contributed by atoms with Gasteiger partial charge in [0.25, 0.3) is 0 Å². The lowest BCUT2D eigenvalue weighted by atomic mass is 9.91. The molecule has 0 spiro atoms. The molecule has 3 heteroatoms. The molecule has 0 aliphatic heterocycles. The highest BCUT2D eigenvalue weighted by Crippen LogP contribution is 2.24. The maximum atomic E-state index is 12.7. The minimum absolute atomic E-state index is 0.0718. The molecule has 0 saturated carbocycles. The molecule has 1 heterocycles. The molecule has 0 aromatic carbocycles. The van der Waals surface area contributed by atoms with Crippen LogP contribution in [0.4, 0.5) is 4.39 Å². The molecule has 96 valence electrons. The summed E-state index contributed by atoms with van der Waals surface area (Å²) in [5, 5.41) is 0. The molecule has 1 rings (SSSR count). The predicted octanol–water partition coefficient (Wildman–Crippen LogP) is 3.83. The second-order valence-electron chi connectivity index (χ2n) is 4.66. The van der Waals surface area contributed by atoms with Gasteiger partial charge < -0.3 is 5.73 Å². The number of unbranched alkanes of at least 4 members (excludes halogenated alkanes) is 1. The van der Waals surface area contributed by atoms with Crippen LogP contribution < -0.4 is 5.73 Å². The molecule has 1 aromatic heterocycles. The van der Waals surface area contributed by atoms with Crippen LogP contribution in [0.2, 0.25) is 0 Å². The lowest BCUT2D eigenvalue weighted by molar-refractivity contribution is 0.385. The minimum atomic E-state index is -0.307. The van der Waals surface area contributed by atoms with Crippen LogP contribution in [0.3, 0.4) is 0 Å². The van der Waals surface area contributed by atoms with Crippen LogP contribution in [0.1, 0.15) is 57.7 Å². The molecule has 17 heavy (non-hydrogen) atoms. The van der Waals surface area contributed by atoms with Gasteiger partial charge >= 0.3 is 0 Å². The Labute approximate surface area is 103 Å². The third kappa shape index (κ3) is 4.82. The highest BCUT2D eigenvalue weighted by molar-refractivity contribution is 5.09. The van der Waals surface area contributed by atoms with E-state index in [1.165, 1.54) is 31.5 Å². The quantitative estimate of drug-likeness (QED) is 0.784. The van der Waals surface area contributed by atoms with Gasteiger partial charge in [-0.15, -0.1) is 0 Å². The molecule has 2 N–H and O–H groups in total. The largest absolute Gasteiger partial charge is 0.323 e. The lowest BCUT2D eigenvalue weighted by Gasteiger charge is -2.19. The maximum absolute atomic E-state index is 12.7. The number of halogens is 1. The molecule has 1 aromatic rings. The predicted molar refractivity (Wildman–Crippen MR) is 69.0 cm³/mol. The first-order valence-electron chi connectivity index (χ1n) is 6.54. The summed E-state index contributed by atoms with van der Waals surface area (Å²) >= 11 is 0. The standard InChI is InChI=1S/C14H23FN2/c1-3-5-6-11(4-2)9-13(16)14-8-7-12(15)10-17-14/h7-8,10-11,13H,3-6,9,16H2,1-2H3. The highest BCUT2D eigenvalue weighted by Gasteiger charge is 2.14. The topological polar surface area (TPSA) is 38.9 Å². The minimum Gasteiger partial charge on any atom is -0.323 e. The van der Waals surface area contributed by atoms with Crippen molar-refractivity contribution in [3.05, 3.63) is 29.8 Å². The number of pyridine rings is 1. The van der Waals surface area contributed by atoms with Gasteiger partial charge in [0, 0.05) is 6.04 Å². The van der Waals surface area contributed by atoms with Crippen molar-refractivity contribution in [3.8, 4) is 0 Å². The molecule has 0 saturated heterocycles. The van der Waals surface area contributed by atoms with Crippen molar-refractivity contribution < 1.29 is 4.39 Å². The van der Waals surface area contributed by atoms with E-state index in [1.54, 1.807) is 6.07 Å². The Morgan fingerprint density at radius 1 is 1.35 bits per heavy atom. The Hall–Kier alpha value is -0.960. The van der Waals surface area contributed by atoms with Crippen molar-refractivity contribution in [2.75, 3.05) is 0 Å². The average Bonchev–Trinajstić information content (AvgIpc) is 2.35. The van der Waals surface area contributed by atoms with Crippen molar-refractivity contribution >= 4 is 0 Å². The summed E-state index contributed by atoms with van der Waals surface area (Å²) in [6.07, 6.45) is 7.02. The summed E-state index contributed by atoms with van der Waals surface area (Å²) in [5.41, 5.74) is 6.90. The van der Waals surface area contributed by atoms with Gasteiger partial charge in [0.1, 0.15) is 5.82 Å². The van der Waals surface area contributed by atoms with E-state index in [9.17, 15) is 4.39 Å². The van der Waals surface area contributed by atoms with Crippen LogP contribution in [0.25, 0.3) is 0 Å². The van der Waals surface area contributed by atoms with Gasteiger partial charge in [-0.05, 0) is 24.5 Å². The molecule has 0 aliphatic rings. The van der Waals surface area contributed by atoms with E-state index in [0.717, 1.165) is 18.5 Å². The van der Waals surface area contributed by atoms with Gasteiger partial charge in [0.2, 0.25) is 0 Å². The SMILES string of the molecule is CCCCC(CC)CC(N)c1ccc(F)cn1. The molecular formula is C14H23FN2. The number of nitrogens with zero attached hydrogens (tertiary/aromatic N) is 1. The van der Waals surface area contributed by atoms with Crippen molar-refractivity contribution in [3.63, 3.8) is 0 Å². The number of hydrogen-bond acceptors (Lipinski definition) is 2. The Morgan fingerprint density at radius 2 is 2.12 bits per heavy atom. The smallest absolute Gasteiger partial charge is 0.141 e. The van der Waals surface area contributed by atoms with E-state index in [4.69, 9.17) is 5.73 Å². The van der Waals surface area contributed by atoms with Gasteiger partial charge in [0.05, 0.1) is 11.9 Å². The molecule has 0 radical (unpaired) electrons. The van der Waals surface area contributed by atoms with E-state index in [2.05, 4.69) is 18.8 Å². The van der Waals surface area contributed by atoms with Crippen molar-refractivity contribution in [2.45, 2.75) is 52.0 Å². The first kappa shape index (κ1) is 14.1. The van der Waals surface area contributed by atoms with Crippen molar-refractivity contribution in [1.29, 1.82) is 0 Å². The second kappa shape index (κ2) is 7.38. The fourth-order valence-electron chi connectivity index (χ4n) is 2.07. The fraction of sp³-hybridized carbons (Fsp3) is 0.643. The average molecular weight is 238 g/mol. The molecule has 0 fully saturated rings. The zero-order valence-corrected chi connectivity index (χ0v) is 10.8. The Balaban J connectivity index is 2.51. The summed E-state index contributed by atoms with van der Waals surface area (Å²) in [6, 6.07) is 3.04. The van der Waals surface area contributed by atoms with Crippen LogP contribution >= 0.6 is 0 Å². The Morgan fingerprint density at radius 3 is 2.65 bits per heavy atom. The molecule has 2 nitrogen and oxygen atoms in total. The lowest BCUT2D eigenvalue weighted by Crippen LogP contribution is -2.16. The van der Waals surface area contributed by atoms with Crippen molar-refractivity contribution in [1.82, 2.24) is 4.98 Å². The Bertz CT molecular complexity index is 311. The third-order valence-corrected chi connectivity index (χ3v) is 3.26. The second-order valence-corrected chi connectivity index (χ2v) is 4.66. The number of hydrogen-bond donors (Lipinski definition) is 1. The molecule has 0 aliphatic carbocycles. The first-order chi connectivity index (χ1) is 8.17. The molecule has 2 unspecified atom stereocenters. The van der Waals surface area contributed by atoms with Gasteiger partial charge in [-0.2, -0.15) is 0 Å². The first-order valence-corrected chi connectivity index (χ1v) is 6.54. The summed E-state index contributed by atoms with van der Waals surface area (Å²) in [7, 11) is 0. The van der Waals surface area contributed by atoms with Gasteiger partial charge in [-0.3, -0.25) is 4.98 Å². The van der Waals surface area contributed by atoms with Gasteiger partial charge in [-0.25, -0.2) is 4.39 Å². The van der Waals surface area contributed by atoms with Crippen LogP contribution in [-0.4, -0.2) is 4.98 Å². The Kier molecular flexibility index (Phi) is 6.12. The van der Waals surface area contributed by atoms with E-state index < -0.39 is 0 Å². The molecule has 0 bridgehead atoms. The molecule has 0 amide bonds. The number of rotatable bonds is 7. The summed E-state index contributed by atoms with van der Waals surface area (Å²) < 4.78 is 12.7. The van der Waals surface area contributed by atoms with E-state index in [1.807, 2.05) is 0 Å². The van der Waals surface area contributed by atoms with E-state index >= 15 is 0 Å². The maximum Gasteiger partial charge on any atom is 0.141 e. The highest BCUT2D eigenvalue weighted by atomic mass is 19.1. The third-order valence-electron chi connectivity index (χ3n) is 3.26. The zero-order valence-electron chi connectivity index (χ0n) is 10.8. The van der Waals surface area contributed by atoms with Gasteiger partial charge in [-0.1, -0.05) is 39.5 Å². The number of nitrogens with two attached hydrogens (primary N) is 1. The van der Waals surface area contributed by atoms with Crippen molar-refractivity contribution in [2.24, 2.45) is 11.7 Å².